The van der Waals surface area contributed by atoms with Crippen LogP contribution in [0.3, 0.4) is 0 Å². The molecule has 0 aromatic heterocycles. The van der Waals surface area contributed by atoms with Crippen LogP contribution < -0.4 is 0 Å². The van der Waals surface area contributed by atoms with Gasteiger partial charge in [-0.15, -0.1) is 0 Å². The largest absolute Gasteiger partial charge is 0.469 e. The van der Waals surface area contributed by atoms with Gasteiger partial charge in [-0.1, -0.05) is 88.5 Å². The Balaban J connectivity index is 3.99. The molecule has 1 N–H and O–H groups in total. The zero-order chi connectivity index (χ0) is 35.3. The summed E-state index contributed by atoms with van der Waals surface area (Å²) in [7, 11) is 7.18. The molecular weight excluding hydrogens is 621 g/mol. The summed E-state index contributed by atoms with van der Waals surface area (Å²) in [4.78, 5) is 28.5. The minimum atomic E-state index is -0.603. The number of aliphatic hydroxyl groups is 1. The second kappa shape index (κ2) is 36.9. The van der Waals surface area contributed by atoms with Crippen LogP contribution in [0.25, 0.3) is 0 Å². The lowest BCUT2D eigenvalue weighted by molar-refractivity contribution is -0.140. The molecule has 0 saturated carbocycles. The lowest BCUT2D eigenvalue weighted by Gasteiger charge is -2.23. The number of ether oxygens (including phenoxy) is 2. The van der Waals surface area contributed by atoms with Crippen molar-refractivity contribution in [2.24, 2.45) is 0 Å². The minimum absolute atomic E-state index is 0.102. The molecule has 1 atom stereocenters. The van der Waals surface area contributed by atoms with Gasteiger partial charge in [0.15, 0.2) is 6.29 Å². The van der Waals surface area contributed by atoms with Crippen molar-refractivity contribution in [2.45, 2.75) is 160 Å². The van der Waals surface area contributed by atoms with Crippen LogP contribution >= 0.6 is 11.8 Å². The number of carbonyl (C=O) groups is 2. The van der Waals surface area contributed by atoms with Gasteiger partial charge < -0.3 is 24.4 Å². The number of nitrogens with zero attached hydrogens (tertiary/aromatic N) is 2. The van der Waals surface area contributed by atoms with Crippen molar-refractivity contribution in [3.8, 4) is 0 Å². The molecule has 0 aliphatic carbocycles. The van der Waals surface area contributed by atoms with E-state index >= 15 is 0 Å². The van der Waals surface area contributed by atoms with Crippen molar-refractivity contribution in [3.05, 3.63) is 24.3 Å². The number of aliphatic hydroxyl groups excluding tert-OH is 1. The monoisotopic (exact) mass is 697 g/mol. The summed E-state index contributed by atoms with van der Waals surface area (Å²) < 4.78 is 9.55. The quantitative estimate of drug-likeness (QED) is 0.0302. The first-order chi connectivity index (χ1) is 23.4. The molecule has 1 unspecified atom stereocenters. The highest BCUT2D eigenvalue weighted by Crippen LogP contribution is 2.13. The van der Waals surface area contributed by atoms with Crippen LogP contribution in [0.15, 0.2) is 24.3 Å². The fraction of sp³-hybridized carbons (Fsp3) is 0.850. The molecule has 7 nitrogen and oxygen atoms in total. The molecule has 282 valence electrons. The zero-order valence-electron chi connectivity index (χ0n) is 31.8. The topological polar surface area (TPSA) is 79.3 Å². The average molecular weight is 697 g/mol. The summed E-state index contributed by atoms with van der Waals surface area (Å²) in [5.74, 6) is 1.84. The summed E-state index contributed by atoms with van der Waals surface area (Å²) in [5, 5.41) is 9.40. The molecule has 0 fully saturated rings. The number of unbranched alkanes of at least 4 members (excludes halogenated alkanes) is 18. The summed E-state index contributed by atoms with van der Waals surface area (Å²) in [6.07, 6.45) is 35.9. The van der Waals surface area contributed by atoms with E-state index < -0.39 is 6.29 Å². The molecule has 0 bridgehead atoms. The summed E-state index contributed by atoms with van der Waals surface area (Å²) >= 11 is 1.77. The van der Waals surface area contributed by atoms with E-state index in [-0.39, 0.29) is 5.97 Å². The molecule has 0 aromatic rings. The zero-order valence-corrected chi connectivity index (χ0v) is 32.6. The highest BCUT2D eigenvalue weighted by atomic mass is 32.2. The van der Waals surface area contributed by atoms with Crippen molar-refractivity contribution in [2.75, 3.05) is 59.5 Å². The van der Waals surface area contributed by atoms with Gasteiger partial charge in [0, 0.05) is 38.9 Å². The van der Waals surface area contributed by atoms with Crippen molar-refractivity contribution in [1.29, 1.82) is 0 Å². The number of carbonyl (C=O) groups excluding carboxylic acids is 2. The maximum Gasteiger partial charge on any atom is 0.305 e. The third-order valence-electron chi connectivity index (χ3n) is 8.77. The third-order valence-corrected chi connectivity index (χ3v) is 9.69. The molecule has 48 heavy (non-hydrogen) atoms. The van der Waals surface area contributed by atoms with Crippen LogP contribution in [0.4, 0.5) is 0 Å². The maximum absolute atomic E-state index is 13.0. The highest BCUT2D eigenvalue weighted by Gasteiger charge is 2.13. The summed E-state index contributed by atoms with van der Waals surface area (Å²) in [6, 6.07) is 0. The molecule has 8 heteroatoms. The van der Waals surface area contributed by atoms with Gasteiger partial charge in [0.25, 0.3) is 0 Å². The highest BCUT2D eigenvalue weighted by molar-refractivity contribution is 7.99. The molecule has 0 saturated heterocycles. The van der Waals surface area contributed by atoms with Crippen LogP contribution in [0.5, 0.6) is 0 Å². The predicted octanol–water partition coefficient (Wildman–Crippen LogP) is 9.72. The Morgan fingerprint density at radius 2 is 1.06 bits per heavy atom. The standard InChI is InChI=1S/C40H76N2O5S/c1-41(2)35-36-48-37-38(43)42(33-29-25-21-17-13-9-5-7-11-15-19-23-27-31-39(44)46-3)34-30-26-22-18-14-10-6-8-12-16-20-24-28-32-40(45)47-4/h7-8,11-12,39,44H,5-6,9-10,13-37H2,1-4H3/b11-7-,12-8-. The minimum Gasteiger partial charge on any atom is -0.469 e. The van der Waals surface area contributed by atoms with Gasteiger partial charge in [-0.3, -0.25) is 9.59 Å². The van der Waals surface area contributed by atoms with Crippen LogP contribution in [-0.4, -0.2) is 92.5 Å². The Hall–Kier alpha value is -1.35. The smallest absolute Gasteiger partial charge is 0.305 e. The molecule has 0 aliphatic heterocycles. The SMILES string of the molecule is COC(=O)CCCCC/C=C\CCCCCCCCN(CCCCCCCC/C=C\CCCCCC(O)OC)C(=O)CSCCN(C)C. The Morgan fingerprint density at radius 3 is 1.52 bits per heavy atom. The number of amides is 1. The Labute approximate surface area is 301 Å². The summed E-state index contributed by atoms with van der Waals surface area (Å²) in [6.45, 7) is 2.85. The van der Waals surface area contributed by atoms with Crippen LogP contribution in [-0.2, 0) is 19.1 Å². The van der Waals surface area contributed by atoms with E-state index in [4.69, 9.17) is 4.74 Å². The lowest BCUT2D eigenvalue weighted by atomic mass is 10.1. The van der Waals surface area contributed by atoms with Crippen molar-refractivity contribution in [1.82, 2.24) is 9.80 Å². The van der Waals surface area contributed by atoms with Gasteiger partial charge in [0.05, 0.1) is 12.9 Å². The first kappa shape index (κ1) is 46.6. The Morgan fingerprint density at radius 1 is 0.625 bits per heavy atom. The molecular formula is C40H76N2O5S. The fourth-order valence-electron chi connectivity index (χ4n) is 5.56. The fourth-order valence-corrected chi connectivity index (χ4v) is 6.56. The first-order valence-corrected chi connectivity index (χ1v) is 20.6. The normalized spacial score (nSPS) is 12.5. The van der Waals surface area contributed by atoms with E-state index in [1.54, 1.807) is 18.9 Å². The van der Waals surface area contributed by atoms with Gasteiger partial charge in [0.2, 0.25) is 5.91 Å². The molecule has 0 radical (unpaired) electrons. The van der Waals surface area contributed by atoms with E-state index in [0.717, 1.165) is 96.0 Å². The van der Waals surface area contributed by atoms with Crippen LogP contribution in [0.2, 0.25) is 0 Å². The predicted molar refractivity (Wildman–Crippen MR) is 207 cm³/mol. The van der Waals surface area contributed by atoms with Crippen molar-refractivity contribution < 1.29 is 24.2 Å². The maximum atomic E-state index is 13.0. The molecule has 0 aliphatic rings. The van der Waals surface area contributed by atoms with Crippen molar-refractivity contribution >= 4 is 23.6 Å². The second-order valence-corrected chi connectivity index (χ2v) is 14.6. The molecule has 0 heterocycles. The number of hydrogen-bond donors (Lipinski definition) is 1. The van der Waals surface area contributed by atoms with Gasteiger partial charge in [-0.05, 0) is 97.6 Å². The Bertz CT molecular complexity index is 777. The number of hydrogen-bond acceptors (Lipinski definition) is 7. The third kappa shape index (κ3) is 34.5. The molecule has 1 amide bonds. The Kier molecular flexibility index (Phi) is 35.9. The van der Waals surface area contributed by atoms with E-state index in [2.05, 4.69) is 52.9 Å². The van der Waals surface area contributed by atoms with E-state index in [9.17, 15) is 14.7 Å². The number of thioether (sulfide) groups is 1. The first-order valence-electron chi connectivity index (χ1n) is 19.5. The number of allylic oxidation sites excluding steroid dienone is 4. The van der Waals surface area contributed by atoms with E-state index in [1.807, 2.05) is 0 Å². The van der Waals surface area contributed by atoms with Crippen LogP contribution in [0, 0.1) is 0 Å². The van der Waals surface area contributed by atoms with Gasteiger partial charge in [0.1, 0.15) is 0 Å². The molecule has 0 rings (SSSR count). The lowest BCUT2D eigenvalue weighted by Crippen LogP contribution is -2.34. The second-order valence-electron chi connectivity index (χ2n) is 13.5. The summed E-state index contributed by atoms with van der Waals surface area (Å²) in [5.41, 5.74) is 0. The number of methoxy groups -OCH3 is 2. The number of rotatable bonds is 36. The number of esters is 1. The average Bonchev–Trinajstić information content (AvgIpc) is 3.08. The van der Waals surface area contributed by atoms with E-state index in [1.165, 1.54) is 84.2 Å². The van der Waals surface area contributed by atoms with Gasteiger partial charge in [-0.2, -0.15) is 11.8 Å². The van der Waals surface area contributed by atoms with E-state index in [0.29, 0.717) is 18.1 Å². The van der Waals surface area contributed by atoms with Gasteiger partial charge >= 0.3 is 5.97 Å². The van der Waals surface area contributed by atoms with Crippen LogP contribution in [0.1, 0.15) is 154 Å². The molecule has 0 aromatic carbocycles. The van der Waals surface area contributed by atoms with Crippen molar-refractivity contribution in [3.63, 3.8) is 0 Å². The molecule has 0 spiro atoms. The van der Waals surface area contributed by atoms with Gasteiger partial charge in [-0.25, -0.2) is 0 Å².